The molecule has 0 aromatic heterocycles. The molecule has 0 heterocycles. The maximum atomic E-state index is 12.0. The Morgan fingerprint density at radius 3 is 2.82 bits per heavy atom. The molecule has 98 valence electrons. The topological polar surface area (TPSA) is 46.5 Å². The highest BCUT2D eigenvalue weighted by molar-refractivity contribution is 5.73. The summed E-state index contributed by atoms with van der Waals surface area (Å²) >= 11 is 0. The van der Waals surface area contributed by atoms with Crippen LogP contribution in [-0.2, 0) is 9.53 Å². The van der Waals surface area contributed by atoms with Gasteiger partial charge in [0.2, 0.25) is 0 Å². The number of ether oxygens (including phenoxy) is 1. The van der Waals surface area contributed by atoms with Gasteiger partial charge in [-0.1, -0.05) is 13.3 Å². The van der Waals surface area contributed by atoms with Gasteiger partial charge < -0.3 is 9.84 Å². The first-order valence-electron chi connectivity index (χ1n) is 7.00. The number of carbonyl (C=O) groups is 1. The number of aliphatic hydroxyl groups is 1. The van der Waals surface area contributed by atoms with Crippen LogP contribution in [0, 0.1) is 17.8 Å². The first-order valence-corrected chi connectivity index (χ1v) is 7.00. The zero-order chi connectivity index (χ0) is 12.4. The van der Waals surface area contributed by atoms with E-state index in [0.717, 1.165) is 32.1 Å². The Morgan fingerprint density at radius 2 is 2.18 bits per heavy atom. The fourth-order valence-electron chi connectivity index (χ4n) is 3.33. The van der Waals surface area contributed by atoms with Crippen LogP contribution < -0.4 is 0 Å². The Bertz CT molecular complexity index is 277. The molecule has 0 bridgehead atoms. The lowest BCUT2D eigenvalue weighted by Crippen LogP contribution is -2.28. The molecule has 2 fully saturated rings. The monoisotopic (exact) mass is 240 g/mol. The highest BCUT2D eigenvalue weighted by Crippen LogP contribution is 2.45. The zero-order valence-electron chi connectivity index (χ0n) is 10.9. The van der Waals surface area contributed by atoms with Gasteiger partial charge in [0, 0.05) is 0 Å². The van der Waals surface area contributed by atoms with E-state index in [1.807, 2.05) is 13.8 Å². The van der Waals surface area contributed by atoms with E-state index in [1.165, 1.54) is 6.42 Å². The SMILES string of the molecule is CCC(C)OC(=O)[C@@H]1C[C@@H]2CCC[C@H](O)[C@@H]2C1. The molecule has 5 atom stereocenters. The minimum Gasteiger partial charge on any atom is -0.462 e. The Kier molecular flexibility index (Phi) is 4.08. The largest absolute Gasteiger partial charge is 0.462 e. The quantitative estimate of drug-likeness (QED) is 0.771. The molecule has 0 amide bonds. The van der Waals surface area contributed by atoms with Gasteiger partial charge in [0.1, 0.15) is 0 Å². The molecule has 1 N–H and O–H groups in total. The fourth-order valence-corrected chi connectivity index (χ4v) is 3.33. The molecule has 3 heteroatoms. The van der Waals surface area contributed by atoms with E-state index < -0.39 is 0 Å². The lowest BCUT2D eigenvalue weighted by Gasteiger charge is -2.29. The molecule has 0 aliphatic heterocycles. The molecule has 2 aliphatic rings. The van der Waals surface area contributed by atoms with E-state index in [2.05, 4.69) is 0 Å². The van der Waals surface area contributed by atoms with Crippen molar-refractivity contribution < 1.29 is 14.6 Å². The van der Waals surface area contributed by atoms with Crippen LogP contribution in [0.2, 0.25) is 0 Å². The molecule has 1 unspecified atom stereocenters. The summed E-state index contributed by atoms with van der Waals surface area (Å²) in [7, 11) is 0. The van der Waals surface area contributed by atoms with Gasteiger partial charge in [-0.2, -0.15) is 0 Å². The molecule has 3 nitrogen and oxygen atoms in total. The highest BCUT2D eigenvalue weighted by Gasteiger charge is 2.43. The van der Waals surface area contributed by atoms with E-state index in [-0.39, 0.29) is 24.1 Å². The van der Waals surface area contributed by atoms with Crippen LogP contribution in [0.5, 0.6) is 0 Å². The van der Waals surface area contributed by atoms with E-state index >= 15 is 0 Å². The Labute approximate surface area is 104 Å². The van der Waals surface area contributed by atoms with Gasteiger partial charge in [-0.3, -0.25) is 4.79 Å². The second kappa shape index (κ2) is 5.38. The molecule has 2 saturated carbocycles. The first-order chi connectivity index (χ1) is 8.11. The van der Waals surface area contributed by atoms with Crippen LogP contribution in [0.1, 0.15) is 52.4 Å². The highest BCUT2D eigenvalue weighted by atomic mass is 16.5. The first kappa shape index (κ1) is 12.9. The van der Waals surface area contributed by atoms with Gasteiger partial charge >= 0.3 is 5.97 Å². The molecular formula is C14H24O3. The summed E-state index contributed by atoms with van der Waals surface area (Å²) in [6, 6.07) is 0. The third-order valence-corrected chi connectivity index (χ3v) is 4.54. The average molecular weight is 240 g/mol. The molecular weight excluding hydrogens is 216 g/mol. The standard InChI is InChI=1S/C14H24O3/c1-3-9(2)17-14(16)11-7-10-5-4-6-13(15)12(10)8-11/h9-13,15H,3-8H2,1-2H3/t9?,10-,11+,12+,13-/m0/s1. The number of carbonyl (C=O) groups excluding carboxylic acids is 1. The molecule has 0 spiro atoms. The minimum absolute atomic E-state index is 0.0232. The number of esters is 1. The molecule has 17 heavy (non-hydrogen) atoms. The third kappa shape index (κ3) is 2.82. The van der Waals surface area contributed by atoms with Crippen LogP contribution in [0.15, 0.2) is 0 Å². The van der Waals surface area contributed by atoms with E-state index in [9.17, 15) is 9.90 Å². The third-order valence-electron chi connectivity index (χ3n) is 4.54. The number of hydrogen-bond donors (Lipinski definition) is 1. The van der Waals surface area contributed by atoms with Crippen molar-refractivity contribution in [1.82, 2.24) is 0 Å². The van der Waals surface area contributed by atoms with Crippen molar-refractivity contribution in [2.75, 3.05) is 0 Å². The Balaban J connectivity index is 1.90. The maximum absolute atomic E-state index is 12.0. The molecule has 0 saturated heterocycles. The number of aliphatic hydroxyl groups excluding tert-OH is 1. The number of fused-ring (bicyclic) bond motifs is 1. The maximum Gasteiger partial charge on any atom is 0.309 e. The van der Waals surface area contributed by atoms with Crippen molar-refractivity contribution in [3.05, 3.63) is 0 Å². The van der Waals surface area contributed by atoms with Gasteiger partial charge in [-0.05, 0) is 50.9 Å². The van der Waals surface area contributed by atoms with Crippen LogP contribution >= 0.6 is 0 Å². The zero-order valence-corrected chi connectivity index (χ0v) is 10.9. The summed E-state index contributed by atoms with van der Waals surface area (Å²) in [5.74, 6) is 0.888. The predicted molar refractivity (Wildman–Crippen MR) is 65.4 cm³/mol. The second-order valence-corrected chi connectivity index (χ2v) is 5.75. The van der Waals surface area contributed by atoms with Crippen molar-refractivity contribution in [2.45, 2.75) is 64.6 Å². The van der Waals surface area contributed by atoms with Crippen LogP contribution in [0.3, 0.4) is 0 Å². The Morgan fingerprint density at radius 1 is 1.41 bits per heavy atom. The summed E-state index contributed by atoms with van der Waals surface area (Å²) in [5.41, 5.74) is 0. The van der Waals surface area contributed by atoms with Crippen LogP contribution in [0.25, 0.3) is 0 Å². The summed E-state index contributed by atoms with van der Waals surface area (Å²) in [6.45, 7) is 3.96. The van der Waals surface area contributed by atoms with E-state index in [0.29, 0.717) is 11.8 Å². The van der Waals surface area contributed by atoms with Crippen molar-refractivity contribution in [3.8, 4) is 0 Å². The predicted octanol–water partition coefficient (Wildman–Crippen LogP) is 2.52. The molecule has 2 rings (SSSR count). The minimum atomic E-state index is -0.185. The fraction of sp³-hybridized carbons (Fsp3) is 0.929. The smallest absolute Gasteiger partial charge is 0.309 e. The summed E-state index contributed by atoms with van der Waals surface area (Å²) in [6.07, 6.45) is 5.66. The molecule has 0 aromatic rings. The van der Waals surface area contributed by atoms with Crippen molar-refractivity contribution >= 4 is 5.97 Å². The molecule has 0 radical (unpaired) electrons. The van der Waals surface area contributed by atoms with Gasteiger partial charge in [0.05, 0.1) is 18.1 Å². The second-order valence-electron chi connectivity index (χ2n) is 5.75. The average Bonchev–Trinajstić information content (AvgIpc) is 2.74. The Hall–Kier alpha value is -0.570. The van der Waals surface area contributed by atoms with Gasteiger partial charge in [0.25, 0.3) is 0 Å². The lowest BCUT2D eigenvalue weighted by molar-refractivity contribution is -0.153. The lowest BCUT2D eigenvalue weighted by atomic mass is 9.80. The number of rotatable bonds is 3. The summed E-state index contributed by atoms with van der Waals surface area (Å²) in [4.78, 5) is 12.0. The molecule has 2 aliphatic carbocycles. The van der Waals surface area contributed by atoms with Crippen molar-refractivity contribution in [2.24, 2.45) is 17.8 Å². The van der Waals surface area contributed by atoms with E-state index in [1.54, 1.807) is 0 Å². The normalized spacial score (nSPS) is 38.5. The van der Waals surface area contributed by atoms with Crippen LogP contribution in [0.4, 0.5) is 0 Å². The van der Waals surface area contributed by atoms with Crippen molar-refractivity contribution in [3.63, 3.8) is 0 Å². The van der Waals surface area contributed by atoms with Gasteiger partial charge in [0.15, 0.2) is 0 Å². The van der Waals surface area contributed by atoms with Gasteiger partial charge in [-0.15, -0.1) is 0 Å². The van der Waals surface area contributed by atoms with E-state index in [4.69, 9.17) is 4.74 Å². The van der Waals surface area contributed by atoms with Crippen molar-refractivity contribution in [1.29, 1.82) is 0 Å². The van der Waals surface area contributed by atoms with Crippen LogP contribution in [-0.4, -0.2) is 23.3 Å². The summed E-state index contributed by atoms with van der Waals surface area (Å²) in [5, 5.41) is 9.95. The van der Waals surface area contributed by atoms with Gasteiger partial charge in [-0.25, -0.2) is 0 Å². The summed E-state index contributed by atoms with van der Waals surface area (Å²) < 4.78 is 5.40. The number of hydrogen-bond acceptors (Lipinski definition) is 3. The molecule has 0 aromatic carbocycles.